The number of amides is 1. The summed E-state index contributed by atoms with van der Waals surface area (Å²) in [5, 5.41) is 0.524. The van der Waals surface area contributed by atoms with Crippen molar-refractivity contribution in [2.24, 2.45) is 0 Å². The molecule has 1 fully saturated rings. The number of carbonyl (C=O) groups excluding carboxylic acids is 2. The number of cyclic esters (lactones) is 1. The molecule has 2 aromatic rings. The lowest BCUT2D eigenvalue weighted by Crippen LogP contribution is -2.29. The Balaban J connectivity index is 1.91. The number of halogens is 2. The van der Waals surface area contributed by atoms with Crippen molar-refractivity contribution >= 4 is 29.2 Å². The van der Waals surface area contributed by atoms with Crippen LogP contribution >= 0.6 is 11.6 Å². The lowest BCUT2D eigenvalue weighted by atomic mass is 10.2. The number of rotatable bonds is 4. The largest absolute Gasteiger partial charge is 0.445 e. The Labute approximate surface area is 160 Å². The fraction of sp³-hybridized carbons (Fsp3) is 0.200. The molecule has 0 spiro atoms. The third-order valence-electron chi connectivity index (χ3n) is 3.81. The molecule has 1 amide bonds. The summed E-state index contributed by atoms with van der Waals surface area (Å²) in [6, 6.07) is 12.5. The van der Waals surface area contributed by atoms with E-state index in [9.17, 15) is 14.0 Å². The van der Waals surface area contributed by atoms with Gasteiger partial charge < -0.3 is 14.4 Å². The predicted octanol–water partition coefficient (Wildman–Crippen LogP) is 4.21. The van der Waals surface area contributed by atoms with Crippen molar-refractivity contribution in [3.8, 4) is 0 Å². The van der Waals surface area contributed by atoms with Crippen molar-refractivity contribution in [2.45, 2.75) is 26.2 Å². The normalized spacial score (nSPS) is 16.7. The molecule has 0 N–H and O–H groups in total. The Morgan fingerprint density at radius 2 is 1.74 bits per heavy atom. The van der Waals surface area contributed by atoms with Crippen LogP contribution in [-0.2, 0) is 25.6 Å². The summed E-state index contributed by atoms with van der Waals surface area (Å²) in [7, 11) is 0. The Kier molecular flexibility index (Phi) is 5.19. The summed E-state index contributed by atoms with van der Waals surface area (Å²) in [5.41, 5.74) is 1.28. The highest BCUT2D eigenvalue weighted by molar-refractivity contribution is 6.30. The smallest absolute Gasteiger partial charge is 0.377 e. The first kappa shape index (κ1) is 18.9. The van der Waals surface area contributed by atoms with Crippen LogP contribution in [0.3, 0.4) is 0 Å². The molecule has 1 saturated heterocycles. The molecule has 0 saturated carbocycles. The molecule has 1 aliphatic heterocycles. The average Bonchev–Trinajstić information content (AvgIpc) is 2.87. The lowest BCUT2D eigenvalue weighted by Gasteiger charge is -2.22. The van der Waals surface area contributed by atoms with Crippen LogP contribution in [0, 0.1) is 5.82 Å². The standard InChI is InChI=1S/C20H17ClFNO4/c1-20(2)26-17(19(25)27-20)11-18(24)23(16-9-5-14(21)6-10-16)12-13-3-7-15(22)8-4-13/h3-11H,12H2,1-2H3. The molecule has 2 aromatic carbocycles. The quantitative estimate of drug-likeness (QED) is 0.580. The maximum Gasteiger partial charge on any atom is 0.377 e. The van der Waals surface area contributed by atoms with Crippen LogP contribution in [0.2, 0.25) is 5.02 Å². The van der Waals surface area contributed by atoms with E-state index in [0.29, 0.717) is 16.3 Å². The van der Waals surface area contributed by atoms with Gasteiger partial charge in [-0.15, -0.1) is 0 Å². The zero-order chi connectivity index (χ0) is 19.6. The van der Waals surface area contributed by atoms with E-state index >= 15 is 0 Å². The second kappa shape index (κ2) is 7.40. The maximum atomic E-state index is 13.2. The van der Waals surface area contributed by atoms with Crippen LogP contribution in [-0.4, -0.2) is 17.7 Å². The molecule has 0 aromatic heterocycles. The number of esters is 1. The molecule has 3 rings (SSSR count). The van der Waals surface area contributed by atoms with Gasteiger partial charge in [0.25, 0.3) is 5.91 Å². The fourth-order valence-corrected chi connectivity index (χ4v) is 2.70. The van der Waals surface area contributed by atoms with E-state index < -0.39 is 17.7 Å². The van der Waals surface area contributed by atoms with Crippen molar-refractivity contribution in [1.29, 1.82) is 0 Å². The van der Waals surface area contributed by atoms with Gasteiger partial charge in [0.1, 0.15) is 5.82 Å². The summed E-state index contributed by atoms with van der Waals surface area (Å²) in [5.74, 6) is -2.83. The Morgan fingerprint density at radius 3 is 2.30 bits per heavy atom. The monoisotopic (exact) mass is 389 g/mol. The van der Waals surface area contributed by atoms with Gasteiger partial charge in [0.05, 0.1) is 12.6 Å². The molecule has 0 atom stereocenters. The van der Waals surface area contributed by atoms with E-state index in [4.69, 9.17) is 21.1 Å². The second-order valence-corrected chi connectivity index (χ2v) is 6.86. The van der Waals surface area contributed by atoms with Crippen LogP contribution < -0.4 is 4.90 Å². The van der Waals surface area contributed by atoms with Gasteiger partial charge in [0.2, 0.25) is 11.5 Å². The minimum absolute atomic E-state index is 0.164. The molecule has 0 radical (unpaired) electrons. The number of ether oxygens (including phenoxy) is 2. The van der Waals surface area contributed by atoms with Gasteiger partial charge in [-0.2, -0.15) is 0 Å². The Hall–Kier alpha value is -2.86. The van der Waals surface area contributed by atoms with E-state index in [1.165, 1.54) is 17.0 Å². The molecule has 5 nitrogen and oxygen atoms in total. The topological polar surface area (TPSA) is 55.8 Å². The van der Waals surface area contributed by atoms with Crippen LogP contribution in [0.15, 0.2) is 60.4 Å². The minimum Gasteiger partial charge on any atom is -0.445 e. The first-order valence-corrected chi connectivity index (χ1v) is 8.57. The van der Waals surface area contributed by atoms with Gasteiger partial charge >= 0.3 is 5.97 Å². The van der Waals surface area contributed by atoms with Crippen molar-refractivity contribution in [2.75, 3.05) is 4.90 Å². The van der Waals surface area contributed by atoms with Crippen LogP contribution in [0.25, 0.3) is 0 Å². The highest BCUT2D eigenvalue weighted by Gasteiger charge is 2.38. The van der Waals surface area contributed by atoms with Gasteiger partial charge in [-0.05, 0) is 42.0 Å². The summed E-state index contributed by atoms with van der Waals surface area (Å²) in [6.45, 7) is 3.32. The van der Waals surface area contributed by atoms with E-state index in [2.05, 4.69) is 0 Å². The Bertz CT molecular complexity index is 891. The first-order chi connectivity index (χ1) is 12.7. The van der Waals surface area contributed by atoms with Crippen molar-refractivity contribution in [1.82, 2.24) is 0 Å². The second-order valence-electron chi connectivity index (χ2n) is 6.43. The van der Waals surface area contributed by atoms with Gasteiger partial charge in [0.15, 0.2) is 0 Å². The number of nitrogens with zero attached hydrogens (tertiary/aromatic N) is 1. The summed E-state index contributed by atoms with van der Waals surface area (Å²) in [4.78, 5) is 26.2. The zero-order valence-corrected chi connectivity index (χ0v) is 15.5. The fourth-order valence-electron chi connectivity index (χ4n) is 2.57. The SMILES string of the molecule is CC1(C)OC(=O)C(=CC(=O)N(Cc2ccc(F)cc2)c2ccc(Cl)cc2)O1. The number of anilines is 1. The zero-order valence-electron chi connectivity index (χ0n) is 14.7. The first-order valence-electron chi connectivity index (χ1n) is 8.19. The number of hydrogen-bond donors (Lipinski definition) is 0. The van der Waals surface area contributed by atoms with E-state index in [1.807, 2.05) is 0 Å². The molecule has 27 heavy (non-hydrogen) atoms. The highest BCUT2D eigenvalue weighted by Crippen LogP contribution is 2.27. The van der Waals surface area contributed by atoms with Gasteiger partial charge in [-0.25, -0.2) is 9.18 Å². The van der Waals surface area contributed by atoms with Crippen LogP contribution in [0.1, 0.15) is 19.4 Å². The number of benzene rings is 2. The molecule has 1 aliphatic rings. The highest BCUT2D eigenvalue weighted by atomic mass is 35.5. The third-order valence-corrected chi connectivity index (χ3v) is 4.06. The maximum absolute atomic E-state index is 13.2. The summed E-state index contributed by atoms with van der Waals surface area (Å²) < 4.78 is 23.6. The molecule has 7 heteroatoms. The van der Waals surface area contributed by atoms with Crippen LogP contribution in [0.5, 0.6) is 0 Å². The van der Waals surface area contributed by atoms with Crippen molar-refractivity contribution < 1.29 is 23.5 Å². The molecular weight excluding hydrogens is 373 g/mol. The van der Waals surface area contributed by atoms with Crippen molar-refractivity contribution in [3.05, 3.63) is 76.8 Å². The Morgan fingerprint density at radius 1 is 1.11 bits per heavy atom. The van der Waals surface area contributed by atoms with Crippen molar-refractivity contribution in [3.63, 3.8) is 0 Å². The van der Waals surface area contributed by atoms with E-state index in [1.54, 1.807) is 50.2 Å². The molecule has 0 bridgehead atoms. The molecule has 0 aliphatic carbocycles. The third kappa shape index (κ3) is 4.65. The lowest BCUT2D eigenvalue weighted by molar-refractivity contribution is -0.159. The molecule has 1 heterocycles. The van der Waals surface area contributed by atoms with E-state index in [-0.39, 0.29) is 18.1 Å². The molecule has 140 valence electrons. The average molecular weight is 390 g/mol. The predicted molar refractivity (Wildman–Crippen MR) is 98.4 cm³/mol. The summed E-state index contributed by atoms with van der Waals surface area (Å²) >= 11 is 5.92. The number of carbonyl (C=O) groups is 2. The minimum atomic E-state index is -1.12. The van der Waals surface area contributed by atoms with Crippen LogP contribution in [0.4, 0.5) is 10.1 Å². The number of hydrogen-bond acceptors (Lipinski definition) is 4. The molecule has 0 unspecified atom stereocenters. The van der Waals surface area contributed by atoms with Gasteiger partial charge in [-0.1, -0.05) is 23.7 Å². The summed E-state index contributed by atoms with van der Waals surface area (Å²) in [6.07, 6.45) is 1.09. The van der Waals surface area contributed by atoms with E-state index in [0.717, 1.165) is 6.08 Å². The molecular formula is C20H17ClFNO4. The van der Waals surface area contributed by atoms with Gasteiger partial charge in [0, 0.05) is 24.6 Å². The van der Waals surface area contributed by atoms with Gasteiger partial charge in [-0.3, -0.25) is 4.79 Å².